The zero-order valence-electron chi connectivity index (χ0n) is 11.2. The number of benzene rings is 1. The van der Waals surface area contributed by atoms with Gasteiger partial charge in [-0.05, 0) is 35.8 Å². The van der Waals surface area contributed by atoms with Crippen LogP contribution in [0.15, 0.2) is 18.2 Å². The highest BCUT2D eigenvalue weighted by molar-refractivity contribution is 6.74. The number of halogens is 1. The molecule has 1 rings (SSSR count). The summed E-state index contributed by atoms with van der Waals surface area (Å²) in [5, 5.41) is 9.78. The SMILES string of the molecule is CC(C)(C)[Si](C)(C)Oc1ccc(CO)c(Cl)c1. The maximum Gasteiger partial charge on any atom is 0.250 e. The van der Waals surface area contributed by atoms with Crippen molar-refractivity contribution in [3.05, 3.63) is 28.8 Å². The second-order valence-electron chi connectivity index (χ2n) is 5.77. The highest BCUT2D eigenvalue weighted by Crippen LogP contribution is 2.38. The summed E-state index contributed by atoms with van der Waals surface area (Å²) < 4.78 is 6.12. The first kappa shape index (κ1) is 14.5. The third-order valence-corrected chi connectivity index (χ3v) is 8.08. The van der Waals surface area contributed by atoms with E-state index in [2.05, 4.69) is 33.9 Å². The minimum Gasteiger partial charge on any atom is -0.543 e. The molecule has 0 bridgehead atoms. The first-order valence-electron chi connectivity index (χ1n) is 5.76. The number of rotatable bonds is 3. The number of aliphatic hydroxyl groups is 1. The van der Waals surface area contributed by atoms with Gasteiger partial charge in [0, 0.05) is 5.02 Å². The van der Waals surface area contributed by atoms with Crippen molar-refractivity contribution in [3.8, 4) is 5.75 Å². The molecular formula is C13H21ClO2Si. The van der Waals surface area contributed by atoms with E-state index >= 15 is 0 Å². The van der Waals surface area contributed by atoms with E-state index in [4.69, 9.17) is 21.1 Å². The lowest BCUT2D eigenvalue weighted by atomic mass is 10.2. The van der Waals surface area contributed by atoms with Crippen LogP contribution in [-0.4, -0.2) is 13.4 Å². The Morgan fingerprint density at radius 3 is 2.29 bits per heavy atom. The molecule has 0 aliphatic heterocycles. The third-order valence-electron chi connectivity index (χ3n) is 3.37. The number of hydrogen-bond acceptors (Lipinski definition) is 2. The van der Waals surface area contributed by atoms with Gasteiger partial charge in [-0.2, -0.15) is 0 Å². The maximum atomic E-state index is 9.05. The second kappa shape index (κ2) is 5.00. The van der Waals surface area contributed by atoms with Crippen LogP contribution in [-0.2, 0) is 6.61 Å². The molecule has 96 valence electrons. The Kier molecular flexibility index (Phi) is 4.28. The molecule has 0 heterocycles. The van der Waals surface area contributed by atoms with Crippen LogP contribution in [0.5, 0.6) is 5.75 Å². The molecule has 0 atom stereocenters. The lowest BCUT2D eigenvalue weighted by Gasteiger charge is -2.36. The van der Waals surface area contributed by atoms with Gasteiger partial charge >= 0.3 is 0 Å². The molecule has 0 aliphatic rings. The molecule has 0 fully saturated rings. The molecule has 0 radical (unpaired) electrons. The van der Waals surface area contributed by atoms with Crippen molar-refractivity contribution in [2.45, 2.75) is 45.5 Å². The predicted octanol–water partition coefficient (Wildman–Crippen LogP) is 4.22. The quantitative estimate of drug-likeness (QED) is 0.835. The predicted molar refractivity (Wildman–Crippen MR) is 75.2 cm³/mol. The van der Waals surface area contributed by atoms with Crippen molar-refractivity contribution in [3.63, 3.8) is 0 Å². The van der Waals surface area contributed by atoms with Gasteiger partial charge in [0.15, 0.2) is 0 Å². The molecule has 0 amide bonds. The summed E-state index contributed by atoms with van der Waals surface area (Å²) in [5.41, 5.74) is 0.731. The van der Waals surface area contributed by atoms with Gasteiger partial charge in [0.1, 0.15) is 5.75 Å². The average Bonchev–Trinajstić information content (AvgIpc) is 2.15. The van der Waals surface area contributed by atoms with Crippen molar-refractivity contribution in [1.82, 2.24) is 0 Å². The Morgan fingerprint density at radius 2 is 1.88 bits per heavy atom. The monoisotopic (exact) mass is 272 g/mol. The van der Waals surface area contributed by atoms with Gasteiger partial charge in [-0.15, -0.1) is 0 Å². The molecule has 1 aromatic rings. The van der Waals surface area contributed by atoms with Crippen molar-refractivity contribution < 1.29 is 9.53 Å². The van der Waals surface area contributed by atoms with Crippen LogP contribution < -0.4 is 4.43 Å². The third kappa shape index (κ3) is 3.47. The summed E-state index contributed by atoms with van der Waals surface area (Å²) in [4.78, 5) is 0. The molecular weight excluding hydrogens is 252 g/mol. The zero-order chi connectivity index (χ0) is 13.3. The van der Waals surface area contributed by atoms with E-state index in [0.717, 1.165) is 11.3 Å². The van der Waals surface area contributed by atoms with Crippen molar-refractivity contribution in [2.75, 3.05) is 0 Å². The van der Waals surface area contributed by atoms with Gasteiger partial charge in [0.05, 0.1) is 6.61 Å². The topological polar surface area (TPSA) is 29.5 Å². The fraction of sp³-hybridized carbons (Fsp3) is 0.538. The first-order valence-corrected chi connectivity index (χ1v) is 9.04. The van der Waals surface area contributed by atoms with Crippen molar-refractivity contribution in [1.29, 1.82) is 0 Å². The van der Waals surface area contributed by atoms with Crippen LogP contribution in [0.1, 0.15) is 26.3 Å². The Labute approximate surface area is 110 Å². The lowest BCUT2D eigenvalue weighted by molar-refractivity contribution is 0.282. The second-order valence-corrected chi connectivity index (χ2v) is 10.9. The fourth-order valence-electron chi connectivity index (χ4n) is 1.17. The van der Waals surface area contributed by atoms with E-state index in [1.807, 2.05) is 12.1 Å². The van der Waals surface area contributed by atoms with E-state index < -0.39 is 8.32 Å². The van der Waals surface area contributed by atoms with E-state index in [-0.39, 0.29) is 11.6 Å². The van der Waals surface area contributed by atoms with Crippen LogP contribution in [0.25, 0.3) is 0 Å². The summed E-state index contributed by atoms with van der Waals surface area (Å²) in [7, 11) is -1.82. The largest absolute Gasteiger partial charge is 0.543 e. The zero-order valence-corrected chi connectivity index (χ0v) is 12.9. The molecule has 0 saturated carbocycles. The first-order chi connectivity index (χ1) is 7.67. The Balaban J connectivity index is 2.93. The van der Waals surface area contributed by atoms with E-state index in [9.17, 15) is 0 Å². The molecule has 4 heteroatoms. The van der Waals surface area contributed by atoms with Crippen LogP contribution in [0, 0.1) is 0 Å². The van der Waals surface area contributed by atoms with Crippen LogP contribution in [0.4, 0.5) is 0 Å². The summed E-state index contributed by atoms with van der Waals surface area (Å²) in [6, 6.07) is 5.47. The smallest absolute Gasteiger partial charge is 0.250 e. The molecule has 17 heavy (non-hydrogen) atoms. The molecule has 0 aromatic heterocycles. The minimum atomic E-state index is -1.82. The average molecular weight is 273 g/mol. The van der Waals surface area contributed by atoms with E-state index in [0.29, 0.717) is 5.02 Å². The van der Waals surface area contributed by atoms with Gasteiger partial charge < -0.3 is 9.53 Å². The summed E-state index contributed by atoms with van der Waals surface area (Å²) in [6.07, 6.45) is 0. The van der Waals surface area contributed by atoms with Gasteiger partial charge in [0.25, 0.3) is 0 Å². The number of aliphatic hydroxyl groups excluding tert-OH is 1. The van der Waals surface area contributed by atoms with E-state index in [1.165, 1.54) is 0 Å². The van der Waals surface area contributed by atoms with Gasteiger partial charge in [0.2, 0.25) is 8.32 Å². The molecule has 1 N–H and O–H groups in total. The molecule has 0 saturated heterocycles. The molecule has 0 aliphatic carbocycles. The summed E-state index contributed by atoms with van der Waals surface area (Å²) in [5.74, 6) is 0.791. The Morgan fingerprint density at radius 1 is 1.29 bits per heavy atom. The van der Waals surface area contributed by atoms with Crippen LogP contribution in [0.3, 0.4) is 0 Å². The Bertz CT molecular complexity index is 397. The van der Waals surface area contributed by atoms with E-state index in [1.54, 1.807) is 6.07 Å². The van der Waals surface area contributed by atoms with Crippen LogP contribution in [0.2, 0.25) is 23.2 Å². The lowest BCUT2D eigenvalue weighted by Crippen LogP contribution is -2.43. The minimum absolute atomic E-state index is 0.0425. The Hall–Kier alpha value is -0.513. The number of hydrogen-bond donors (Lipinski definition) is 1. The normalized spacial score (nSPS) is 12.6. The molecule has 2 nitrogen and oxygen atoms in total. The summed E-state index contributed by atoms with van der Waals surface area (Å²) in [6.45, 7) is 10.9. The molecule has 0 spiro atoms. The molecule has 0 unspecified atom stereocenters. The fourth-order valence-corrected chi connectivity index (χ4v) is 2.42. The highest BCUT2D eigenvalue weighted by Gasteiger charge is 2.38. The van der Waals surface area contributed by atoms with Gasteiger partial charge in [-0.3, -0.25) is 0 Å². The van der Waals surface area contributed by atoms with Gasteiger partial charge in [-0.25, -0.2) is 0 Å². The summed E-state index contributed by atoms with van der Waals surface area (Å²) >= 11 is 6.05. The molecule has 1 aromatic carbocycles. The van der Waals surface area contributed by atoms with Crippen LogP contribution >= 0.6 is 11.6 Å². The highest BCUT2D eigenvalue weighted by atomic mass is 35.5. The maximum absolute atomic E-state index is 9.05. The van der Waals surface area contributed by atoms with Crippen molar-refractivity contribution >= 4 is 19.9 Å². The van der Waals surface area contributed by atoms with Gasteiger partial charge in [-0.1, -0.05) is 38.4 Å². The standard InChI is InChI=1S/C13H21ClO2Si/c1-13(2,3)17(4,5)16-11-7-6-10(9-15)12(14)8-11/h6-8,15H,9H2,1-5H3. The van der Waals surface area contributed by atoms with Crippen molar-refractivity contribution in [2.24, 2.45) is 0 Å².